The monoisotopic (exact) mass is 255 g/mol. The van der Waals surface area contributed by atoms with Gasteiger partial charge in [-0.2, -0.15) is 13.2 Å². The topological polar surface area (TPSA) is 32.3 Å². The zero-order chi connectivity index (χ0) is 13.7. The lowest BCUT2D eigenvalue weighted by atomic mass is 9.82. The van der Waals surface area contributed by atoms with Crippen LogP contribution in [-0.4, -0.2) is 30.0 Å². The molecule has 0 amide bonds. The van der Waals surface area contributed by atoms with Crippen LogP contribution in [0, 0.1) is 11.8 Å². The molecule has 0 aromatic rings. The highest BCUT2D eigenvalue weighted by molar-refractivity contribution is 4.90. The molecule has 0 aliphatic heterocycles. The van der Waals surface area contributed by atoms with E-state index in [2.05, 4.69) is 5.32 Å². The second kappa shape index (κ2) is 6.59. The van der Waals surface area contributed by atoms with Gasteiger partial charge in [-0.05, 0) is 24.7 Å². The highest BCUT2D eigenvalue weighted by Gasteiger charge is 2.36. The van der Waals surface area contributed by atoms with Crippen LogP contribution in [0.1, 0.15) is 40.5 Å². The van der Waals surface area contributed by atoms with Crippen LogP contribution in [0.4, 0.5) is 13.2 Å². The van der Waals surface area contributed by atoms with E-state index in [0.717, 1.165) is 0 Å². The minimum atomic E-state index is -4.24. The van der Waals surface area contributed by atoms with E-state index in [9.17, 15) is 18.3 Å². The molecule has 2 N–H and O–H groups in total. The van der Waals surface area contributed by atoms with Gasteiger partial charge in [-0.15, -0.1) is 0 Å². The Hall–Kier alpha value is -0.290. The van der Waals surface area contributed by atoms with E-state index in [4.69, 9.17) is 0 Å². The number of halogens is 3. The van der Waals surface area contributed by atoms with Crippen LogP contribution in [0.25, 0.3) is 0 Å². The summed E-state index contributed by atoms with van der Waals surface area (Å²) in [5.41, 5.74) is -0.822. The number of aliphatic hydroxyl groups excluding tert-OH is 1. The number of hydrogen-bond donors (Lipinski definition) is 2. The molecule has 17 heavy (non-hydrogen) atoms. The van der Waals surface area contributed by atoms with Crippen molar-refractivity contribution in [3.8, 4) is 0 Å². The first kappa shape index (κ1) is 16.7. The first-order valence-corrected chi connectivity index (χ1v) is 6.03. The van der Waals surface area contributed by atoms with Gasteiger partial charge in [0.15, 0.2) is 0 Å². The van der Waals surface area contributed by atoms with Crippen LogP contribution in [0.5, 0.6) is 0 Å². The highest BCUT2D eigenvalue weighted by atomic mass is 19.4. The lowest BCUT2D eigenvalue weighted by Gasteiger charge is -2.36. The lowest BCUT2D eigenvalue weighted by molar-refractivity contribution is -0.131. The summed E-state index contributed by atoms with van der Waals surface area (Å²) >= 11 is 0. The molecule has 0 aliphatic carbocycles. The second-order valence-corrected chi connectivity index (χ2v) is 5.60. The van der Waals surface area contributed by atoms with Crippen molar-refractivity contribution in [1.82, 2.24) is 5.32 Å². The van der Waals surface area contributed by atoms with Gasteiger partial charge in [0.2, 0.25) is 0 Å². The van der Waals surface area contributed by atoms with E-state index in [0.29, 0.717) is 12.8 Å². The zero-order valence-corrected chi connectivity index (χ0v) is 11.1. The lowest BCUT2D eigenvalue weighted by Crippen LogP contribution is -2.53. The first-order chi connectivity index (χ1) is 7.60. The maximum Gasteiger partial charge on any atom is 0.401 e. The average molecular weight is 255 g/mol. The largest absolute Gasteiger partial charge is 0.401 e. The Labute approximate surface area is 102 Å². The molecule has 0 heterocycles. The molecule has 0 saturated heterocycles. The fraction of sp³-hybridized carbons (Fsp3) is 1.00. The summed E-state index contributed by atoms with van der Waals surface area (Å²) in [6.07, 6.45) is -3.16. The number of alkyl halides is 3. The Kier molecular flexibility index (Phi) is 6.48. The van der Waals surface area contributed by atoms with Crippen molar-refractivity contribution in [1.29, 1.82) is 0 Å². The third-order valence-electron chi connectivity index (χ3n) is 2.56. The molecule has 0 radical (unpaired) electrons. The Morgan fingerprint density at radius 1 is 1.00 bits per heavy atom. The van der Waals surface area contributed by atoms with Gasteiger partial charge >= 0.3 is 6.18 Å². The zero-order valence-electron chi connectivity index (χ0n) is 11.1. The molecular formula is C12H24F3NO. The molecule has 0 saturated carbocycles. The third kappa shape index (κ3) is 7.60. The van der Waals surface area contributed by atoms with Crippen LogP contribution in [0.2, 0.25) is 0 Å². The van der Waals surface area contributed by atoms with Gasteiger partial charge in [-0.3, -0.25) is 0 Å². The Morgan fingerprint density at radius 2 is 1.41 bits per heavy atom. The predicted octanol–water partition coefficient (Wildman–Crippen LogP) is 2.96. The Balaban J connectivity index is 4.66. The Morgan fingerprint density at radius 3 is 1.65 bits per heavy atom. The van der Waals surface area contributed by atoms with E-state index >= 15 is 0 Å². The van der Waals surface area contributed by atoms with E-state index in [1.807, 2.05) is 27.7 Å². The third-order valence-corrected chi connectivity index (χ3v) is 2.56. The molecule has 0 bridgehead atoms. The van der Waals surface area contributed by atoms with Crippen LogP contribution in [0.15, 0.2) is 0 Å². The fourth-order valence-corrected chi connectivity index (χ4v) is 2.26. The van der Waals surface area contributed by atoms with Crippen LogP contribution >= 0.6 is 0 Å². The molecule has 0 aromatic heterocycles. The molecule has 104 valence electrons. The summed E-state index contributed by atoms with van der Waals surface area (Å²) < 4.78 is 36.8. The molecule has 0 spiro atoms. The summed E-state index contributed by atoms with van der Waals surface area (Å²) in [7, 11) is 0. The normalized spacial score (nSPS) is 13.8. The average Bonchev–Trinajstić information content (AvgIpc) is 2.11. The Bertz CT molecular complexity index is 204. The smallest absolute Gasteiger partial charge is 0.394 e. The van der Waals surface area contributed by atoms with E-state index < -0.39 is 18.3 Å². The molecule has 0 aliphatic rings. The fourth-order valence-electron chi connectivity index (χ4n) is 2.26. The summed E-state index contributed by atoms with van der Waals surface area (Å²) in [6.45, 7) is 6.46. The quantitative estimate of drug-likeness (QED) is 0.733. The molecule has 0 unspecified atom stereocenters. The molecule has 5 heteroatoms. The predicted molar refractivity (Wildman–Crippen MR) is 62.8 cm³/mol. The maximum atomic E-state index is 12.3. The van der Waals surface area contributed by atoms with Crippen molar-refractivity contribution in [2.75, 3.05) is 13.2 Å². The van der Waals surface area contributed by atoms with Crippen molar-refractivity contribution >= 4 is 0 Å². The summed E-state index contributed by atoms with van der Waals surface area (Å²) in [5, 5.41) is 12.0. The number of nitrogens with one attached hydrogen (secondary N) is 1. The van der Waals surface area contributed by atoms with Crippen LogP contribution in [0.3, 0.4) is 0 Å². The second-order valence-electron chi connectivity index (χ2n) is 5.60. The van der Waals surface area contributed by atoms with E-state index in [-0.39, 0.29) is 18.4 Å². The summed E-state index contributed by atoms with van der Waals surface area (Å²) in [4.78, 5) is 0. The number of rotatable bonds is 7. The van der Waals surface area contributed by atoms with E-state index in [1.165, 1.54) is 0 Å². The van der Waals surface area contributed by atoms with Gasteiger partial charge < -0.3 is 10.4 Å². The molecular weight excluding hydrogens is 231 g/mol. The van der Waals surface area contributed by atoms with Gasteiger partial charge in [0.25, 0.3) is 0 Å². The van der Waals surface area contributed by atoms with Crippen molar-refractivity contribution in [2.24, 2.45) is 11.8 Å². The molecule has 0 atom stereocenters. The van der Waals surface area contributed by atoms with Gasteiger partial charge in [0.1, 0.15) is 0 Å². The standard InChI is InChI=1S/C12H24F3NO/c1-9(2)5-11(8-17,6-10(3)4)16-7-12(13,14)15/h9-10,16-17H,5-8H2,1-4H3. The van der Waals surface area contributed by atoms with Crippen molar-refractivity contribution < 1.29 is 18.3 Å². The minimum absolute atomic E-state index is 0.238. The number of hydrogen-bond acceptors (Lipinski definition) is 2. The van der Waals surface area contributed by atoms with Gasteiger partial charge in [0.05, 0.1) is 13.2 Å². The van der Waals surface area contributed by atoms with Gasteiger partial charge in [-0.1, -0.05) is 27.7 Å². The van der Waals surface area contributed by atoms with Crippen LogP contribution < -0.4 is 5.32 Å². The summed E-state index contributed by atoms with van der Waals surface area (Å²) in [5.74, 6) is 0.475. The van der Waals surface area contributed by atoms with Crippen LogP contribution in [-0.2, 0) is 0 Å². The summed E-state index contributed by atoms with van der Waals surface area (Å²) in [6, 6.07) is 0. The molecule has 0 fully saturated rings. The highest BCUT2D eigenvalue weighted by Crippen LogP contribution is 2.26. The molecule has 0 aromatic carbocycles. The molecule has 2 nitrogen and oxygen atoms in total. The van der Waals surface area contributed by atoms with Crippen molar-refractivity contribution in [3.05, 3.63) is 0 Å². The van der Waals surface area contributed by atoms with Crippen molar-refractivity contribution in [3.63, 3.8) is 0 Å². The van der Waals surface area contributed by atoms with Gasteiger partial charge in [-0.25, -0.2) is 0 Å². The SMILES string of the molecule is CC(C)CC(CO)(CC(C)C)NCC(F)(F)F. The number of aliphatic hydroxyl groups is 1. The van der Waals surface area contributed by atoms with Crippen molar-refractivity contribution in [2.45, 2.75) is 52.3 Å². The molecule has 0 rings (SSSR count). The first-order valence-electron chi connectivity index (χ1n) is 6.03. The van der Waals surface area contributed by atoms with E-state index in [1.54, 1.807) is 0 Å². The minimum Gasteiger partial charge on any atom is -0.394 e. The van der Waals surface area contributed by atoms with Gasteiger partial charge in [0, 0.05) is 5.54 Å². The maximum absolute atomic E-state index is 12.3.